The lowest BCUT2D eigenvalue weighted by molar-refractivity contribution is 0.660. The molecular weight excluding hydrogens is 767 g/mol. The van der Waals surface area contributed by atoms with Crippen LogP contribution in [0.1, 0.15) is 49.9 Å². The van der Waals surface area contributed by atoms with Crippen LogP contribution in [0.15, 0.2) is 200 Å². The Balaban J connectivity index is 1.10. The summed E-state index contributed by atoms with van der Waals surface area (Å²) in [5.74, 6) is 0. The Morgan fingerprint density at radius 3 is 1.74 bits per heavy atom. The van der Waals surface area contributed by atoms with Crippen molar-refractivity contribution < 1.29 is 0 Å². The first kappa shape index (κ1) is 36.8. The van der Waals surface area contributed by atoms with Gasteiger partial charge in [-0.05, 0) is 121 Å². The molecule has 1 nitrogen and oxygen atoms in total. The van der Waals surface area contributed by atoms with E-state index in [1.165, 1.54) is 104 Å². The van der Waals surface area contributed by atoms with Crippen LogP contribution in [0.5, 0.6) is 0 Å². The summed E-state index contributed by atoms with van der Waals surface area (Å²) in [5.41, 5.74) is 21.4. The zero-order chi connectivity index (χ0) is 41.7. The highest BCUT2D eigenvalue weighted by molar-refractivity contribution is 7.26. The highest BCUT2D eigenvalue weighted by atomic mass is 32.1. The second kappa shape index (κ2) is 13.8. The largest absolute Gasteiger partial charge is 0.309 e. The monoisotopic (exact) mass is 811 g/mol. The highest BCUT2D eigenvalue weighted by Gasteiger charge is 2.37. The molecule has 2 aliphatic carbocycles. The minimum absolute atomic E-state index is 0.0392. The minimum atomic E-state index is -0.107. The summed E-state index contributed by atoms with van der Waals surface area (Å²) in [5, 5.41) is 2.55. The molecule has 0 amide bonds. The lowest BCUT2D eigenvalue weighted by Gasteiger charge is -2.30. The molecule has 0 radical (unpaired) electrons. The number of nitrogens with zero attached hydrogens (tertiary/aromatic N) is 1. The third-order valence-electron chi connectivity index (χ3n) is 13.9. The lowest BCUT2D eigenvalue weighted by Crippen LogP contribution is -2.15. The van der Waals surface area contributed by atoms with Crippen LogP contribution in [-0.4, -0.2) is 0 Å². The van der Waals surface area contributed by atoms with Crippen LogP contribution in [-0.2, 0) is 10.8 Å². The molecule has 0 saturated carbocycles. The molecule has 0 aliphatic heterocycles. The van der Waals surface area contributed by atoms with E-state index in [0.29, 0.717) is 0 Å². The standard InChI is InChI=1S/C60H45NS/c1-59(2)50-26-12-9-22-45(50)48-36-40(32-34-51(48)59)39-19-14-20-42(35-39)61(54-28-16-30-56-58(54)47-23-10-13-29-55(47)62-56)53-27-15-24-43(57(53)38-17-6-5-7-18-38)41-31-33-46-44-21-8-11-25-49(44)60(3,4)52(46)37-41/h5-37H,1-4H3. The summed E-state index contributed by atoms with van der Waals surface area (Å²) in [6.45, 7) is 9.45. The molecule has 10 aromatic rings. The molecular formula is C60H45NS. The normalized spacial score (nSPS) is 14.1. The molecule has 0 spiro atoms. The van der Waals surface area contributed by atoms with E-state index in [1.54, 1.807) is 0 Å². The Morgan fingerprint density at radius 1 is 0.355 bits per heavy atom. The summed E-state index contributed by atoms with van der Waals surface area (Å²) < 4.78 is 2.58. The minimum Gasteiger partial charge on any atom is -0.309 e. The van der Waals surface area contributed by atoms with E-state index in [1.807, 2.05) is 11.3 Å². The van der Waals surface area contributed by atoms with E-state index in [4.69, 9.17) is 0 Å². The van der Waals surface area contributed by atoms with Crippen LogP contribution < -0.4 is 4.90 Å². The third kappa shape index (κ3) is 5.46. The number of hydrogen-bond acceptors (Lipinski definition) is 2. The molecule has 0 N–H and O–H groups in total. The number of fused-ring (bicyclic) bond motifs is 9. The molecule has 0 atom stereocenters. The molecule has 2 heteroatoms. The fraction of sp³-hybridized carbons (Fsp3) is 0.100. The zero-order valence-corrected chi connectivity index (χ0v) is 36.2. The fourth-order valence-corrected chi connectivity index (χ4v) is 11.9. The maximum Gasteiger partial charge on any atom is 0.0555 e. The smallest absolute Gasteiger partial charge is 0.0555 e. The maximum atomic E-state index is 2.54. The van der Waals surface area contributed by atoms with Crippen molar-refractivity contribution in [2.75, 3.05) is 4.90 Å². The molecule has 9 aromatic carbocycles. The van der Waals surface area contributed by atoms with Gasteiger partial charge in [-0.3, -0.25) is 0 Å². The quantitative estimate of drug-likeness (QED) is 0.162. The second-order valence-corrected chi connectivity index (χ2v) is 19.1. The van der Waals surface area contributed by atoms with Gasteiger partial charge in [0.1, 0.15) is 0 Å². The van der Waals surface area contributed by atoms with Crippen LogP contribution in [0.2, 0.25) is 0 Å². The van der Waals surface area contributed by atoms with Crippen molar-refractivity contribution in [3.8, 4) is 55.6 Å². The van der Waals surface area contributed by atoms with Crippen LogP contribution in [0.25, 0.3) is 75.8 Å². The number of benzene rings is 9. The summed E-state index contributed by atoms with van der Waals surface area (Å²) in [6.07, 6.45) is 0. The van der Waals surface area contributed by atoms with Crippen LogP contribution in [0.3, 0.4) is 0 Å². The predicted molar refractivity (Wildman–Crippen MR) is 265 cm³/mol. The van der Waals surface area contributed by atoms with Crippen molar-refractivity contribution >= 4 is 48.6 Å². The van der Waals surface area contributed by atoms with E-state index in [2.05, 4.69) is 233 Å². The van der Waals surface area contributed by atoms with Gasteiger partial charge in [-0.2, -0.15) is 0 Å². The summed E-state index contributed by atoms with van der Waals surface area (Å²) >= 11 is 1.87. The molecule has 0 bridgehead atoms. The number of anilines is 3. The van der Waals surface area contributed by atoms with Gasteiger partial charge in [0, 0.05) is 42.3 Å². The molecule has 0 unspecified atom stereocenters. The summed E-state index contributed by atoms with van der Waals surface area (Å²) in [7, 11) is 0. The van der Waals surface area contributed by atoms with Crippen LogP contribution >= 0.6 is 11.3 Å². The van der Waals surface area contributed by atoms with Gasteiger partial charge < -0.3 is 4.90 Å². The van der Waals surface area contributed by atoms with Crippen molar-refractivity contribution in [3.05, 3.63) is 222 Å². The molecule has 1 heterocycles. The van der Waals surface area contributed by atoms with Gasteiger partial charge in [0.05, 0.1) is 11.4 Å². The van der Waals surface area contributed by atoms with Gasteiger partial charge >= 0.3 is 0 Å². The molecule has 2 aliphatic rings. The first-order valence-electron chi connectivity index (χ1n) is 21.8. The lowest BCUT2D eigenvalue weighted by atomic mass is 9.81. The summed E-state index contributed by atoms with van der Waals surface area (Å²) in [4.78, 5) is 2.54. The molecule has 1 aromatic heterocycles. The number of rotatable bonds is 6. The van der Waals surface area contributed by atoms with E-state index in [-0.39, 0.29) is 10.8 Å². The average molecular weight is 812 g/mol. The van der Waals surface area contributed by atoms with Gasteiger partial charge in [-0.1, -0.05) is 179 Å². The van der Waals surface area contributed by atoms with Crippen molar-refractivity contribution in [1.29, 1.82) is 0 Å². The van der Waals surface area contributed by atoms with E-state index in [9.17, 15) is 0 Å². The Bertz CT molecular complexity index is 3420. The molecule has 296 valence electrons. The Kier molecular flexibility index (Phi) is 8.17. The topological polar surface area (TPSA) is 3.24 Å². The maximum absolute atomic E-state index is 2.54. The zero-order valence-electron chi connectivity index (χ0n) is 35.4. The van der Waals surface area contributed by atoms with E-state index in [0.717, 1.165) is 11.4 Å². The van der Waals surface area contributed by atoms with Crippen LogP contribution in [0.4, 0.5) is 17.1 Å². The van der Waals surface area contributed by atoms with Crippen molar-refractivity contribution in [2.45, 2.75) is 38.5 Å². The Morgan fingerprint density at radius 2 is 0.919 bits per heavy atom. The van der Waals surface area contributed by atoms with Gasteiger partial charge in [0.25, 0.3) is 0 Å². The fourth-order valence-electron chi connectivity index (χ4n) is 10.8. The Labute approximate surface area is 368 Å². The van der Waals surface area contributed by atoms with Crippen molar-refractivity contribution in [3.63, 3.8) is 0 Å². The number of thiophene rings is 1. The molecule has 12 rings (SSSR count). The molecule has 62 heavy (non-hydrogen) atoms. The highest BCUT2D eigenvalue weighted by Crippen LogP contribution is 2.54. The van der Waals surface area contributed by atoms with Gasteiger partial charge in [0.2, 0.25) is 0 Å². The average Bonchev–Trinajstić information content (AvgIpc) is 3.89. The van der Waals surface area contributed by atoms with Crippen LogP contribution in [0, 0.1) is 0 Å². The molecule has 0 fully saturated rings. The third-order valence-corrected chi connectivity index (χ3v) is 15.0. The van der Waals surface area contributed by atoms with Crippen molar-refractivity contribution in [2.24, 2.45) is 0 Å². The van der Waals surface area contributed by atoms with Gasteiger partial charge in [0.15, 0.2) is 0 Å². The van der Waals surface area contributed by atoms with Gasteiger partial charge in [-0.25, -0.2) is 0 Å². The number of hydrogen-bond donors (Lipinski definition) is 0. The molecule has 0 saturated heterocycles. The summed E-state index contributed by atoms with van der Waals surface area (Å²) in [6, 6.07) is 74.9. The SMILES string of the molecule is CC1(C)c2ccccc2-c2cc(-c3cccc(N(c4cccc(-c5ccc6c(c5)C(C)(C)c5ccccc5-6)c4-c4ccccc4)c4cccc5sc6ccccc6c45)c3)ccc21. The second-order valence-electron chi connectivity index (χ2n) is 18.1. The van der Waals surface area contributed by atoms with E-state index < -0.39 is 0 Å². The Hall–Kier alpha value is -7.00. The predicted octanol–water partition coefficient (Wildman–Crippen LogP) is 17.1. The van der Waals surface area contributed by atoms with E-state index >= 15 is 0 Å². The first-order chi connectivity index (χ1) is 30.3. The van der Waals surface area contributed by atoms with Gasteiger partial charge in [-0.15, -0.1) is 11.3 Å². The van der Waals surface area contributed by atoms with Crippen molar-refractivity contribution in [1.82, 2.24) is 0 Å². The first-order valence-corrected chi connectivity index (χ1v) is 22.6.